The van der Waals surface area contributed by atoms with Crippen LogP contribution in [0, 0.1) is 5.92 Å². The lowest BCUT2D eigenvalue weighted by atomic mass is 10.4. The SMILES string of the molecule is CCNC(=NCCS(=O)(=O)CC)NCCNC(=O)C1CC1.I. The van der Waals surface area contributed by atoms with Crippen molar-refractivity contribution in [3.05, 3.63) is 0 Å². The van der Waals surface area contributed by atoms with Crippen LogP contribution in [0.5, 0.6) is 0 Å². The molecule has 1 rings (SSSR count). The molecule has 0 unspecified atom stereocenters. The molecule has 0 saturated heterocycles. The van der Waals surface area contributed by atoms with Gasteiger partial charge in [0.1, 0.15) is 0 Å². The molecule has 0 aliphatic heterocycles. The number of sulfone groups is 1. The van der Waals surface area contributed by atoms with Crippen LogP contribution in [0.4, 0.5) is 0 Å². The predicted molar refractivity (Wildman–Crippen MR) is 99.5 cm³/mol. The van der Waals surface area contributed by atoms with E-state index in [1.165, 1.54) is 0 Å². The molecular formula is C13H27IN4O3S. The zero-order valence-corrected chi connectivity index (χ0v) is 16.4. The number of guanidine groups is 1. The van der Waals surface area contributed by atoms with Crippen LogP contribution < -0.4 is 16.0 Å². The summed E-state index contributed by atoms with van der Waals surface area (Å²) < 4.78 is 22.8. The Labute approximate surface area is 150 Å². The minimum Gasteiger partial charge on any atom is -0.357 e. The van der Waals surface area contributed by atoms with E-state index in [0.29, 0.717) is 25.6 Å². The van der Waals surface area contributed by atoms with E-state index in [9.17, 15) is 13.2 Å². The Morgan fingerprint density at radius 3 is 2.32 bits per heavy atom. The summed E-state index contributed by atoms with van der Waals surface area (Å²) in [5.41, 5.74) is 0. The molecule has 9 heteroatoms. The molecule has 22 heavy (non-hydrogen) atoms. The molecule has 0 heterocycles. The Morgan fingerprint density at radius 2 is 1.77 bits per heavy atom. The highest BCUT2D eigenvalue weighted by atomic mass is 127. The van der Waals surface area contributed by atoms with Gasteiger partial charge in [-0.05, 0) is 19.8 Å². The molecule has 0 atom stereocenters. The number of hydrogen-bond acceptors (Lipinski definition) is 4. The maximum absolute atomic E-state index is 11.4. The van der Waals surface area contributed by atoms with Crippen molar-refractivity contribution in [1.29, 1.82) is 0 Å². The molecule has 1 fully saturated rings. The summed E-state index contributed by atoms with van der Waals surface area (Å²) in [5.74, 6) is 1.10. The predicted octanol–water partition coefficient (Wildman–Crippen LogP) is 0.120. The topological polar surface area (TPSA) is 99.7 Å². The van der Waals surface area contributed by atoms with Crippen molar-refractivity contribution in [2.45, 2.75) is 26.7 Å². The highest BCUT2D eigenvalue weighted by Crippen LogP contribution is 2.28. The Bertz CT molecular complexity index is 464. The van der Waals surface area contributed by atoms with Crippen LogP contribution in [0.3, 0.4) is 0 Å². The lowest BCUT2D eigenvalue weighted by Crippen LogP contribution is -2.42. The Balaban J connectivity index is 0.00000441. The summed E-state index contributed by atoms with van der Waals surface area (Å²) in [6.45, 7) is 5.60. The molecule has 0 radical (unpaired) electrons. The highest BCUT2D eigenvalue weighted by molar-refractivity contribution is 14.0. The van der Waals surface area contributed by atoms with Gasteiger partial charge in [0.15, 0.2) is 15.8 Å². The van der Waals surface area contributed by atoms with E-state index in [0.717, 1.165) is 12.8 Å². The number of carbonyl (C=O) groups is 1. The first kappa shape index (κ1) is 21.4. The Morgan fingerprint density at radius 1 is 1.14 bits per heavy atom. The quantitative estimate of drug-likeness (QED) is 0.202. The number of nitrogens with zero attached hydrogens (tertiary/aromatic N) is 1. The molecule has 0 aromatic heterocycles. The molecule has 130 valence electrons. The van der Waals surface area contributed by atoms with Crippen LogP contribution in [0.1, 0.15) is 26.7 Å². The van der Waals surface area contributed by atoms with Crippen molar-refractivity contribution in [1.82, 2.24) is 16.0 Å². The fourth-order valence-electron chi connectivity index (χ4n) is 1.64. The summed E-state index contributed by atoms with van der Waals surface area (Å²) >= 11 is 0. The van der Waals surface area contributed by atoms with Crippen LogP contribution in [0.2, 0.25) is 0 Å². The molecule has 1 amide bonds. The minimum absolute atomic E-state index is 0. The fraction of sp³-hybridized carbons (Fsp3) is 0.846. The van der Waals surface area contributed by atoms with Gasteiger partial charge < -0.3 is 16.0 Å². The second-order valence-electron chi connectivity index (χ2n) is 4.99. The van der Waals surface area contributed by atoms with Gasteiger partial charge in [0, 0.05) is 31.3 Å². The minimum atomic E-state index is -2.99. The number of hydrogen-bond donors (Lipinski definition) is 3. The van der Waals surface area contributed by atoms with Crippen LogP contribution in [0.15, 0.2) is 4.99 Å². The van der Waals surface area contributed by atoms with Crippen LogP contribution in [-0.4, -0.2) is 58.0 Å². The molecule has 0 aromatic rings. The van der Waals surface area contributed by atoms with Gasteiger partial charge in [-0.1, -0.05) is 6.92 Å². The lowest BCUT2D eigenvalue weighted by Gasteiger charge is -2.11. The molecule has 0 aromatic carbocycles. The zero-order valence-electron chi connectivity index (χ0n) is 13.2. The second-order valence-corrected chi connectivity index (χ2v) is 7.46. The van der Waals surface area contributed by atoms with Crippen molar-refractivity contribution >= 4 is 45.7 Å². The lowest BCUT2D eigenvalue weighted by molar-refractivity contribution is -0.122. The number of carbonyl (C=O) groups excluding carboxylic acids is 1. The standard InChI is InChI=1S/C13H26N4O3S.HI/c1-3-14-13(17-9-10-21(19,20)4-2)16-8-7-15-12(18)11-5-6-11;/h11H,3-10H2,1-2H3,(H,15,18)(H2,14,16,17);1H. The van der Waals surface area contributed by atoms with E-state index < -0.39 is 9.84 Å². The van der Waals surface area contributed by atoms with Crippen LogP contribution in [0.25, 0.3) is 0 Å². The first-order chi connectivity index (χ1) is 9.98. The van der Waals surface area contributed by atoms with Gasteiger partial charge in [0.25, 0.3) is 0 Å². The van der Waals surface area contributed by atoms with Gasteiger partial charge >= 0.3 is 0 Å². The van der Waals surface area contributed by atoms with E-state index in [4.69, 9.17) is 0 Å². The molecule has 1 aliphatic carbocycles. The van der Waals surface area contributed by atoms with Crippen molar-refractivity contribution in [2.75, 3.05) is 37.7 Å². The summed E-state index contributed by atoms with van der Waals surface area (Å²) in [5, 5.41) is 8.96. The molecule has 0 bridgehead atoms. The van der Waals surface area contributed by atoms with E-state index in [2.05, 4.69) is 20.9 Å². The largest absolute Gasteiger partial charge is 0.357 e. The molecular weight excluding hydrogens is 419 g/mol. The normalized spacial score (nSPS) is 14.9. The summed E-state index contributed by atoms with van der Waals surface area (Å²) in [6.07, 6.45) is 1.99. The maximum Gasteiger partial charge on any atom is 0.223 e. The smallest absolute Gasteiger partial charge is 0.223 e. The van der Waals surface area contributed by atoms with E-state index in [-0.39, 0.29) is 53.9 Å². The third-order valence-electron chi connectivity index (χ3n) is 3.12. The summed E-state index contributed by atoms with van der Waals surface area (Å²) in [6, 6.07) is 0. The number of aliphatic imine (C=N–C) groups is 1. The van der Waals surface area contributed by atoms with E-state index >= 15 is 0 Å². The van der Waals surface area contributed by atoms with Gasteiger partial charge in [-0.25, -0.2) is 8.42 Å². The third-order valence-corrected chi connectivity index (χ3v) is 4.81. The van der Waals surface area contributed by atoms with Crippen molar-refractivity contribution in [3.63, 3.8) is 0 Å². The molecule has 7 nitrogen and oxygen atoms in total. The molecule has 0 spiro atoms. The molecule has 3 N–H and O–H groups in total. The Hall–Kier alpha value is -0.580. The maximum atomic E-state index is 11.4. The number of halogens is 1. The van der Waals surface area contributed by atoms with Crippen LogP contribution >= 0.6 is 24.0 Å². The van der Waals surface area contributed by atoms with Gasteiger partial charge in [0.2, 0.25) is 5.91 Å². The average molecular weight is 446 g/mol. The Kier molecular flexibility index (Phi) is 10.7. The van der Waals surface area contributed by atoms with Gasteiger partial charge in [-0.15, -0.1) is 24.0 Å². The molecule has 1 saturated carbocycles. The molecule has 1 aliphatic rings. The van der Waals surface area contributed by atoms with Gasteiger partial charge in [-0.3, -0.25) is 9.79 Å². The zero-order chi connectivity index (χ0) is 15.7. The first-order valence-corrected chi connectivity index (χ1v) is 9.31. The van der Waals surface area contributed by atoms with Gasteiger partial charge in [0.05, 0.1) is 12.3 Å². The van der Waals surface area contributed by atoms with E-state index in [1.807, 2.05) is 6.92 Å². The van der Waals surface area contributed by atoms with Crippen molar-refractivity contribution in [2.24, 2.45) is 10.9 Å². The summed E-state index contributed by atoms with van der Waals surface area (Å²) in [4.78, 5) is 15.7. The third kappa shape index (κ3) is 9.44. The highest BCUT2D eigenvalue weighted by Gasteiger charge is 2.28. The fourth-order valence-corrected chi connectivity index (χ4v) is 2.30. The summed E-state index contributed by atoms with van der Waals surface area (Å²) in [7, 11) is -2.99. The second kappa shape index (κ2) is 11.0. The number of nitrogens with one attached hydrogen (secondary N) is 3. The van der Waals surface area contributed by atoms with Crippen molar-refractivity contribution in [3.8, 4) is 0 Å². The number of amides is 1. The number of rotatable bonds is 9. The van der Waals surface area contributed by atoms with Gasteiger partial charge in [-0.2, -0.15) is 0 Å². The first-order valence-electron chi connectivity index (χ1n) is 7.48. The van der Waals surface area contributed by atoms with Crippen molar-refractivity contribution < 1.29 is 13.2 Å². The van der Waals surface area contributed by atoms with E-state index in [1.54, 1.807) is 6.92 Å². The average Bonchev–Trinajstić information content (AvgIpc) is 3.27. The monoisotopic (exact) mass is 446 g/mol. The van der Waals surface area contributed by atoms with Crippen LogP contribution in [-0.2, 0) is 14.6 Å².